The molecule has 3 atom stereocenters. The molecule has 21 heavy (non-hydrogen) atoms. The van der Waals surface area contributed by atoms with Crippen LogP contribution in [0.1, 0.15) is 38.9 Å². The van der Waals surface area contributed by atoms with Crippen molar-refractivity contribution in [2.75, 3.05) is 6.61 Å². The Hall–Kier alpha value is -0.683. The normalized spacial score (nSPS) is 27.0. The number of hydrogen-bond acceptors (Lipinski definition) is 3. The van der Waals surface area contributed by atoms with E-state index in [1.807, 2.05) is 30.3 Å². The van der Waals surface area contributed by atoms with Gasteiger partial charge >= 0.3 is 0 Å². The summed E-state index contributed by atoms with van der Waals surface area (Å²) in [6.07, 6.45) is -0.0345. The lowest BCUT2D eigenvalue weighted by molar-refractivity contribution is -0.00865. The quantitative estimate of drug-likeness (QED) is 0.857. The van der Waals surface area contributed by atoms with Crippen LogP contribution in [-0.4, -0.2) is 32.2 Å². The molecule has 1 N–H and O–H groups in total. The number of aliphatic hydroxyl groups excluding tert-OH is 1. The van der Waals surface area contributed by atoms with Gasteiger partial charge in [-0.2, -0.15) is 0 Å². The van der Waals surface area contributed by atoms with Gasteiger partial charge in [-0.25, -0.2) is 0 Å². The van der Waals surface area contributed by atoms with Crippen LogP contribution in [0.25, 0.3) is 0 Å². The molecule has 1 heterocycles. The molecule has 0 unspecified atom stereocenters. The Morgan fingerprint density at radius 3 is 2.43 bits per heavy atom. The van der Waals surface area contributed by atoms with Gasteiger partial charge in [0.15, 0.2) is 8.32 Å². The molecule has 0 spiro atoms. The lowest BCUT2D eigenvalue weighted by Crippen LogP contribution is -2.42. The zero-order valence-electron chi connectivity index (χ0n) is 13.8. The van der Waals surface area contributed by atoms with Gasteiger partial charge in [-0.3, -0.25) is 0 Å². The van der Waals surface area contributed by atoms with Gasteiger partial charge < -0.3 is 14.3 Å². The maximum atomic E-state index is 10.2. The molecule has 0 amide bonds. The van der Waals surface area contributed by atoms with Crippen LogP contribution < -0.4 is 0 Å². The van der Waals surface area contributed by atoms with E-state index in [1.54, 1.807) is 0 Å². The summed E-state index contributed by atoms with van der Waals surface area (Å²) in [4.78, 5) is 0. The number of hydrogen-bond donors (Lipinski definition) is 1. The van der Waals surface area contributed by atoms with Crippen molar-refractivity contribution in [3.05, 3.63) is 35.9 Å². The first kappa shape index (κ1) is 16.7. The summed E-state index contributed by atoms with van der Waals surface area (Å²) in [6.45, 7) is 11.8. The predicted octanol–water partition coefficient (Wildman–Crippen LogP) is 3.90. The third-order valence-corrected chi connectivity index (χ3v) is 9.26. The van der Waals surface area contributed by atoms with Crippen LogP contribution in [0, 0.1) is 0 Å². The first-order valence-corrected chi connectivity index (χ1v) is 10.6. The molecule has 118 valence electrons. The first-order chi connectivity index (χ1) is 9.71. The van der Waals surface area contributed by atoms with Crippen molar-refractivity contribution in [1.82, 2.24) is 0 Å². The van der Waals surface area contributed by atoms with Crippen LogP contribution in [0.15, 0.2) is 30.3 Å². The van der Waals surface area contributed by atoms with E-state index in [9.17, 15) is 5.11 Å². The van der Waals surface area contributed by atoms with Crippen molar-refractivity contribution < 1.29 is 14.3 Å². The molecule has 1 aliphatic rings. The van der Waals surface area contributed by atoms with E-state index in [-0.39, 0.29) is 17.2 Å². The topological polar surface area (TPSA) is 38.7 Å². The van der Waals surface area contributed by atoms with Gasteiger partial charge in [0.2, 0.25) is 0 Å². The molecule has 3 nitrogen and oxygen atoms in total. The van der Waals surface area contributed by atoms with Crippen molar-refractivity contribution >= 4 is 8.32 Å². The van der Waals surface area contributed by atoms with Crippen molar-refractivity contribution in [2.24, 2.45) is 0 Å². The van der Waals surface area contributed by atoms with E-state index in [0.29, 0.717) is 13.0 Å². The van der Waals surface area contributed by atoms with Gasteiger partial charge in [0, 0.05) is 6.42 Å². The average Bonchev–Trinajstić information content (AvgIpc) is 2.78. The highest BCUT2D eigenvalue weighted by atomic mass is 28.4. The second-order valence-electron chi connectivity index (χ2n) is 7.46. The van der Waals surface area contributed by atoms with Crippen molar-refractivity contribution in [3.63, 3.8) is 0 Å². The average molecular weight is 308 g/mol. The van der Waals surface area contributed by atoms with Crippen LogP contribution in [0.2, 0.25) is 18.1 Å². The zero-order valence-corrected chi connectivity index (χ0v) is 14.8. The van der Waals surface area contributed by atoms with Crippen molar-refractivity contribution in [3.8, 4) is 0 Å². The van der Waals surface area contributed by atoms with Gasteiger partial charge in [0.1, 0.15) is 6.10 Å². The van der Waals surface area contributed by atoms with Crippen LogP contribution in [-0.2, 0) is 9.16 Å². The van der Waals surface area contributed by atoms with Gasteiger partial charge in [0.05, 0.1) is 18.8 Å². The SMILES string of the molecule is CC(C)(C)[Si](C)(C)OC[C@H]1C[C@@H](O)[C@@H](c2ccccc2)O1. The number of rotatable bonds is 4. The maximum Gasteiger partial charge on any atom is 0.192 e. The van der Waals surface area contributed by atoms with E-state index in [0.717, 1.165) is 5.56 Å². The highest BCUT2D eigenvalue weighted by molar-refractivity contribution is 6.74. The molecule has 1 fully saturated rings. The highest BCUT2D eigenvalue weighted by Crippen LogP contribution is 2.38. The summed E-state index contributed by atoms with van der Waals surface area (Å²) in [6, 6.07) is 9.94. The summed E-state index contributed by atoms with van der Waals surface area (Å²) in [5.74, 6) is 0. The number of benzene rings is 1. The molecule has 0 aromatic heterocycles. The fourth-order valence-electron chi connectivity index (χ4n) is 2.32. The molecule has 1 saturated heterocycles. The van der Waals surface area contributed by atoms with Gasteiger partial charge in [-0.1, -0.05) is 51.1 Å². The van der Waals surface area contributed by atoms with E-state index in [1.165, 1.54) is 0 Å². The highest BCUT2D eigenvalue weighted by Gasteiger charge is 2.40. The number of ether oxygens (including phenoxy) is 1. The van der Waals surface area contributed by atoms with Gasteiger partial charge in [-0.05, 0) is 23.7 Å². The minimum absolute atomic E-state index is 0.0145. The van der Waals surface area contributed by atoms with Crippen molar-refractivity contribution in [2.45, 2.75) is 63.6 Å². The smallest absolute Gasteiger partial charge is 0.192 e. The monoisotopic (exact) mass is 308 g/mol. The molecule has 0 radical (unpaired) electrons. The molecular weight excluding hydrogens is 280 g/mol. The zero-order chi connectivity index (χ0) is 15.7. The largest absolute Gasteiger partial charge is 0.414 e. The Morgan fingerprint density at radius 2 is 1.86 bits per heavy atom. The second-order valence-corrected chi connectivity index (χ2v) is 12.3. The molecule has 1 aliphatic heterocycles. The Bertz CT molecular complexity index is 453. The molecule has 0 aliphatic carbocycles. The molecular formula is C17H28O3Si. The van der Waals surface area contributed by atoms with E-state index >= 15 is 0 Å². The predicted molar refractivity (Wildman–Crippen MR) is 87.8 cm³/mol. The fraction of sp³-hybridized carbons (Fsp3) is 0.647. The Kier molecular flexibility index (Phi) is 4.93. The summed E-state index contributed by atoms with van der Waals surface area (Å²) in [5.41, 5.74) is 1.04. The summed E-state index contributed by atoms with van der Waals surface area (Å²) < 4.78 is 12.2. The van der Waals surface area contributed by atoms with Gasteiger partial charge in [-0.15, -0.1) is 0 Å². The fourth-order valence-corrected chi connectivity index (χ4v) is 3.35. The van der Waals surface area contributed by atoms with Crippen molar-refractivity contribution in [1.29, 1.82) is 0 Å². The maximum absolute atomic E-state index is 10.2. The minimum atomic E-state index is -1.76. The molecule has 0 bridgehead atoms. The third kappa shape index (κ3) is 3.95. The van der Waals surface area contributed by atoms with E-state index in [4.69, 9.17) is 9.16 Å². The minimum Gasteiger partial charge on any atom is -0.414 e. The molecule has 2 rings (SSSR count). The molecule has 1 aromatic rings. The van der Waals surface area contributed by atoms with Crippen LogP contribution in [0.5, 0.6) is 0 Å². The van der Waals surface area contributed by atoms with Crippen LogP contribution in [0.3, 0.4) is 0 Å². The Balaban J connectivity index is 1.93. The van der Waals surface area contributed by atoms with Gasteiger partial charge in [0.25, 0.3) is 0 Å². The molecule has 4 heteroatoms. The standard InChI is InChI=1S/C17H28O3Si/c1-17(2,3)21(4,5)19-12-14-11-15(18)16(20-14)13-9-7-6-8-10-13/h6-10,14-16,18H,11-12H2,1-5H3/t14-,15-,16-/m1/s1. The molecule has 0 saturated carbocycles. The van der Waals surface area contributed by atoms with E-state index < -0.39 is 14.4 Å². The lowest BCUT2D eigenvalue weighted by Gasteiger charge is -2.36. The summed E-state index contributed by atoms with van der Waals surface area (Å²) in [5, 5.41) is 10.4. The lowest BCUT2D eigenvalue weighted by atomic mass is 10.0. The summed E-state index contributed by atoms with van der Waals surface area (Å²) >= 11 is 0. The second kappa shape index (κ2) is 6.21. The van der Waals surface area contributed by atoms with Crippen LogP contribution in [0.4, 0.5) is 0 Å². The first-order valence-electron chi connectivity index (χ1n) is 7.73. The Labute approximate surface area is 129 Å². The third-order valence-electron chi connectivity index (χ3n) is 4.76. The molecule has 1 aromatic carbocycles. The van der Waals surface area contributed by atoms with E-state index in [2.05, 4.69) is 33.9 Å². The van der Waals surface area contributed by atoms with Crippen LogP contribution >= 0.6 is 0 Å². The number of aliphatic hydroxyl groups is 1. The Morgan fingerprint density at radius 1 is 1.24 bits per heavy atom. The summed E-state index contributed by atoms with van der Waals surface area (Å²) in [7, 11) is -1.76.